The molecule has 1 atom stereocenters. The summed E-state index contributed by atoms with van der Waals surface area (Å²) in [6, 6.07) is 3.55. The molecule has 20 heavy (non-hydrogen) atoms. The molecular formula is C14H17Cl3N2O. The van der Waals surface area contributed by atoms with Gasteiger partial charge in [0.1, 0.15) is 0 Å². The van der Waals surface area contributed by atoms with Gasteiger partial charge in [0.2, 0.25) is 5.91 Å². The Morgan fingerprint density at radius 2 is 1.95 bits per heavy atom. The van der Waals surface area contributed by atoms with Crippen molar-refractivity contribution in [1.29, 1.82) is 0 Å². The van der Waals surface area contributed by atoms with E-state index in [2.05, 4.69) is 10.6 Å². The van der Waals surface area contributed by atoms with E-state index in [0.717, 1.165) is 19.4 Å². The van der Waals surface area contributed by atoms with Crippen molar-refractivity contribution >= 4 is 46.4 Å². The van der Waals surface area contributed by atoms with Crippen molar-refractivity contribution in [2.45, 2.75) is 38.1 Å². The third kappa shape index (κ3) is 4.52. The maximum atomic E-state index is 11.9. The molecule has 1 unspecified atom stereocenters. The van der Waals surface area contributed by atoms with Crippen LogP contribution in [-0.2, 0) is 4.79 Å². The summed E-state index contributed by atoms with van der Waals surface area (Å²) in [7, 11) is 0. The van der Waals surface area contributed by atoms with E-state index in [1.807, 2.05) is 0 Å². The highest BCUT2D eigenvalue weighted by molar-refractivity contribution is 6.44. The van der Waals surface area contributed by atoms with E-state index in [1.165, 1.54) is 18.9 Å². The van der Waals surface area contributed by atoms with Crippen LogP contribution in [0, 0.1) is 0 Å². The summed E-state index contributed by atoms with van der Waals surface area (Å²) in [5.74, 6) is -0.0577. The van der Waals surface area contributed by atoms with Crippen LogP contribution >= 0.6 is 34.8 Å². The molecule has 3 nitrogen and oxygen atoms in total. The van der Waals surface area contributed by atoms with Crippen molar-refractivity contribution in [3.8, 4) is 0 Å². The Labute approximate surface area is 134 Å². The lowest BCUT2D eigenvalue weighted by Crippen LogP contribution is -2.34. The molecule has 110 valence electrons. The Bertz CT molecular complexity index is 488. The van der Waals surface area contributed by atoms with E-state index < -0.39 is 0 Å². The molecule has 0 spiro atoms. The van der Waals surface area contributed by atoms with Crippen LogP contribution in [0.5, 0.6) is 0 Å². The van der Waals surface area contributed by atoms with Gasteiger partial charge in [0, 0.05) is 12.5 Å². The summed E-state index contributed by atoms with van der Waals surface area (Å²) in [5, 5.41) is 7.34. The molecular weight excluding hydrogens is 319 g/mol. The highest BCUT2D eigenvalue weighted by Crippen LogP contribution is 2.32. The number of amides is 1. The molecule has 0 aliphatic carbocycles. The minimum absolute atomic E-state index is 0.0577. The Balaban J connectivity index is 1.86. The van der Waals surface area contributed by atoms with Gasteiger partial charge in [0.25, 0.3) is 0 Å². The molecule has 1 aliphatic rings. The van der Waals surface area contributed by atoms with E-state index in [-0.39, 0.29) is 5.91 Å². The maximum absolute atomic E-state index is 11.9. The van der Waals surface area contributed by atoms with Crippen LogP contribution in [0.1, 0.15) is 32.1 Å². The topological polar surface area (TPSA) is 41.1 Å². The van der Waals surface area contributed by atoms with Crippen LogP contribution < -0.4 is 10.6 Å². The molecule has 1 aromatic rings. The lowest BCUT2D eigenvalue weighted by Gasteiger charge is -2.23. The van der Waals surface area contributed by atoms with Crippen molar-refractivity contribution in [3.05, 3.63) is 27.2 Å². The second kappa shape index (κ2) is 7.51. The van der Waals surface area contributed by atoms with E-state index in [9.17, 15) is 4.79 Å². The van der Waals surface area contributed by atoms with E-state index in [1.54, 1.807) is 6.07 Å². The van der Waals surface area contributed by atoms with Gasteiger partial charge in [-0.3, -0.25) is 4.79 Å². The van der Waals surface area contributed by atoms with Gasteiger partial charge >= 0.3 is 0 Å². The molecule has 0 aromatic heterocycles. The molecule has 1 fully saturated rings. The highest BCUT2D eigenvalue weighted by Gasteiger charge is 2.15. The number of halogens is 3. The van der Waals surface area contributed by atoms with Crippen molar-refractivity contribution in [3.63, 3.8) is 0 Å². The molecule has 0 bridgehead atoms. The number of rotatable bonds is 4. The second-order valence-electron chi connectivity index (χ2n) is 4.98. The van der Waals surface area contributed by atoms with Crippen LogP contribution in [0.3, 0.4) is 0 Å². The maximum Gasteiger partial charge on any atom is 0.224 e. The smallest absolute Gasteiger partial charge is 0.224 e. The minimum atomic E-state index is -0.0577. The third-order valence-electron chi connectivity index (χ3n) is 3.42. The zero-order valence-corrected chi connectivity index (χ0v) is 13.3. The first-order valence-electron chi connectivity index (χ1n) is 6.74. The van der Waals surface area contributed by atoms with Gasteiger partial charge in [-0.2, -0.15) is 0 Å². The Hall–Kier alpha value is -0.480. The lowest BCUT2D eigenvalue weighted by atomic mass is 10.0. The largest absolute Gasteiger partial charge is 0.325 e. The van der Waals surface area contributed by atoms with Gasteiger partial charge in [0.15, 0.2) is 0 Å². The fourth-order valence-corrected chi connectivity index (χ4v) is 2.90. The number of carbonyl (C=O) groups is 1. The summed E-state index contributed by atoms with van der Waals surface area (Å²) in [4.78, 5) is 11.9. The number of carbonyl (C=O) groups excluding carboxylic acids is 1. The molecule has 1 saturated heterocycles. The van der Waals surface area contributed by atoms with Crippen molar-refractivity contribution in [2.24, 2.45) is 0 Å². The summed E-state index contributed by atoms with van der Waals surface area (Å²) < 4.78 is 0. The summed E-state index contributed by atoms with van der Waals surface area (Å²) >= 11 is 17.8. The number of hydrogen-bond donors (Lipinski definition) is 2. The van der Waals surface area contributed by atoms with Gasteiger partial charge in [-0.05, 0) is 37.9 Å². The monoisotopic (exact) mass is 334 g/mol. The Morgan fingerprint density at radius 1 is 1.20 bits per heavy atom. The molecule has 1 amide bonds. The predicted molar refractivity (Wildman–Crippen MR) is 85.0 cm³/mol. The van der Waals surface area contributed by atoms with Crippen LogP contribution in [0.25, 0.3) is 0 Å². The van der Waals surface area contributed by atoms with E-state index in [0.29, 0.717) is 33.2 Å². The molecule has 1 aromatic carbocycles. The lowest BCUT2D eigenvalue weighted by molar-refractivity contribution is -0.116. The number of anilines is 1. The average molecular weight is 336 g/mol. The van der Waals surface area contributed by atoms with Crippen LogP contribution in [0.4, 0.5) is 5.69 Å². The van der Waals surface area contributed by atoms with Crippen LogP contribution in [-0.4, -0.2) is 18.5 Å². The molecule has 1 heterocycles. The third-order valence-corrected chi connectivity index (χ3v) is 4.45. The average Bonchev–Trinajstić information content (AvgIpc) is 2.44. The van der Waals surface area contributed by atoms with Gasteiger partial charge in [-0.25, -0.2) is 0 Å². The highest BCUT2D eigenvalue weighted by atomic mass is 35.5. The van der Waals surface area contributed by atoms with Crippen molar-refractivity contribution in [2.75, 3.05) is 11.9 Å². The quantitative estimate of drug-likeness (QED) is 0.795. The Kier molecular flexibility index (Phi) is 5.97. The van der Waals surface area contributed by atoms with Gasteiger partial charge in [-0.15, -0.1) is 0 Å². The molecule has 0 radical (unpaired) electrons. The number of nitrogens with one attached hydrogen (secondary N) is 2. The van der Waals surface area contributed by atoms with Gasteiger partial charge < -0.3 is 10.6 Å². The van der Waals surface area contributed by atoms with E-state index >= 15 is 0 Å². The Morgan fingerprint density at radius 3 is 2.65 bits per heavy atom. The van der Waals surface area contributed by atoms with Crippen molar-refractivity contribution < 1.29 is 4.79 Å². The standard InChI is InChI=1S/C14H17Cl3N2O/c15-10-7-12(17)13(8-11(10)16)19-14(20)5-4-9-3-1-2-6-18-9/h7-9,18H,1-6H2,(H,19,20). The molecule has 1 aliphatic heterocycles. The zero-order valence-electron chi connectivity index (χ0n) is 11.0. The fraction of sp³-hybridized carbons (Fsp3) is 0.500. The molecule has 2 rings (SSSR count). The number of benzene rings is 1. The van der Waals surface area contributed by atoms with Crippen LogP contribution in [0.15, 0.2) is 12.1 Å². The number of hydrogen-bond acceptors (Lipinski definition) is 2. The first-order chi connectivity index (χ1) is 9.56. The summed E-state index contributed by atoms with van der Waals surface area (Å²) in [6.45, 7) is 1.05. The second-order valence-corrected chi connectivity index (χ2v) is 6.20. The fourth-order valence-electron chi connectivity index (χ4n) is 2.31. The van der Waals surface area contributed by atoms with Gasteiger partial charge in [0.05, 0.1) is 20.8 Å². The first kappa shape index (κ1) is 15.9. The number of piperidine rings is 1. The summed E-state index contributed by atoms with van der Waals surface area (Å²) in [6.07, 6.45) is 4.90. The molecule has 2 N–H and O–H groups in total. The van der Waals surface area contributed by atoms with Crippen LogP contribution in [0.2, 0.25) is 15.1 Å². The first-order valence-corrected chi connectivity index (χ1v) is 7.87. The molecule has 6 heteroatoms. The van der Waals surface area contributed by atoms with Gasteiger partial charge in [-0.1, -0.05) is 41.2 Å². The minimum Gasteiger partial charge on any atom is -0.325 e. The normalized spacial score (nSPS) is 18.9. The van der Waals surface area contributed by atoms with E-state index in [4.69, 9.17) is 34.8 Å². The SMILES string of the molecule is O=C(CCC1CCCCN1)Nc1cc(Cl)c(Cl)cc1Cl. The predicted octanol–water partition coefficient (Wildman–Crippen LogP) is 4.51. The summed E-state index contributed by atoms with van der Waals surface area (Å²) in [5.41, 5.74) is 0.502. The van der Waals surface area contributed by atoms with Crippen molar-refractivity contribution in [1.82, 2.24) is 5.32 Å². The zero-order chi connectivity index (χ0) is 14.5. The molecule has 0 saturated carbocycles.